The smallest absolute Gasteiger partial charge is 0.262 e. The molecule has 2 N–H and O–H groups in total. The van der Waals surface area contributed by atoms with Crippen LogP contribution in [0.15, 0.2) is 72.8 Å². The lowest BCUT2D eigenvalue weighted by molar-refractivity contribution is -0.119. The number of aryl methyl sites for hydroxylation is 1. The number of carbonyl (C=O) groups is 3. The topological polar surface area (TPSA) is 78.5 Å². The summed E-state index contributed by atoms with van der Waals surface area (Å²) in [6.07, 6.45) is 0. The van der Waals surface area contributed by atoms with Crippen LogP contribution in [0.3, 0.4) is 0 Å². The summed E-state index contributed by atoms with van der Waals surface area (Å²) < 4.78 is 0. The van der Waals surface area contributed by atoms with Crippen LogP contribution in [0.2, 0.25) is 0 Å². The van der Waals surface area contributed by atoms with Crippen molar-refractivity contribution in [2.75, 3.05) is 10.6 Å². The van der Waals surface area contributed by atoms with Gasteiger partial charge in [0.15, 0.2) is 0 Å². The minimum Gasteiger partial charge on any atom is -0.354 e. The molecule has 30 heavy (non-hydrogen) atoms. The van der Waals surface area contributed by atoms with E-state index in [1.807, 2.05) is 49.4 Å². The van der Waals surface area contributed by atoms with Crippen molar-refractivity contribution >= 4 is 34.8 Å². The summed E-state index contributed by atoms with van der Waals surface area (Å²) in [6, 6.07) is 20.8. The Bertz CT molecular complexity index is 1100. The Kier molecular flexibility index (Phi) is 5.06. The van der Waals surface area contributed by atoms with Crippen molar-refractivity contribution < 1.29 is 14.4 Å². The zero-order valence-corrected chi connectivity index (χ0v) is 16.7. The molecule has 0 bridgehead atoms. The van der Waals surface area contributed by atoms with Gasteiger partial charge in [0, 0.05) is 5.69 Å². The van der Waals surface area contributed by atoms with Gasteiger partial charge in [0.05, 0.1) is 22.5 Å². The highest BCUT2D eigenvalue weighted by molar-refractivity contribution is 6.23. The Balaban J connectivity index is 1.53. The number of rotatable bonds is 5. The molecule has 4 rings (SSSR count). The average Bonchev–Trinajstić information content (AvgIpc) is 3.01. The summed E-state index contributed by atoms with van der Waals surface area (Å²) in [6.45, 7) is 3.56. The van der Waals surface area contributed by atoms with Crippen LogP contribution in [-0.4, -0.2) is 28.7 Å². The van der Waals surface area contributed by atoms with E-state index in [1.54, 1.807) is 37.3 Å². The molecule has 0 saturated carbocycles. The molecule has 1 unspecified atom stereocenters. The molecule has 0 aromatic heterocycles. The second-order valence-electron chi connectivity index (χ2n) is 7.23. The molecule has 0 aliphatic carbocycles. The largest absolute Gasteiger partial charge is 0.354 e. The molecule has 1 aliphatic rings. The van der Waals surface area contributed by atoms with Crippen molar-refractivity contribution in [3.63, 3.8) is 0 Å². The van der Waals surface area contributed by atoms with Gasteiger partial charge >= 0.3 is 0 Å². The van der Waals surface area contributed by atoms with Crippen molar-refractivity contribution in [3.8, 4) is 0 Å². The summed E-state index contributed by atoms with van der Waals surface area (Å²) >= 11 is 0. The van der Waals surface area contributed by atoms with E-state index in [2.05, 4.69) is 10.6 Å². The molecule has 3 amide bonds. The Labute approximate surface area is 174 Å². The van der Waals surface area contributed by atoms with Gasteiger partial charge in [-0.3, -0.25) is 19.3 Å². The Morgan fingerprint density at radius 3 is 1.93 bits per heavy atom. The molecule has 1 aliphatic heterocycles. The number of carbonyl (C=O) groups excluding carboxylic acids is 3. The van der Waals surface area contributed by atoms with E-state index in [-0.39, 0.29) is 0 Å². The Morgan fingerprint density at radius 1 is 0.800 bits per heavy atom. The number of amides is 3. The number of benzene rings is 3. The number of nitrogens with zero attached hydrogens (tertiary/aromatic N) is 1. The number of imide groups is 1. The van der Waals surface area contributed by atoms with Crippen LogP contribution in [0.25, 0.3) is 0 Å². The molecular formula is C24H21N3O3. The molecule has 150 valence electrons. The fourth-order valence-electron chi connectivity index (χ4n) is 3.41. The third-order valence-electron chi connectivity index (χ3n) is 5.11. The molecule has 3 aromatic rings. The number of nitrogens with one attached hydrogen (secondary N) is 2. The van der Waals surface area contributed by atoms with Crippen molar-refractivity contribution in [2.45, 2.75) is 19.9 Å². The van der Waals surface area contributed by atoms with Gasteiger partial charge in [-0.25, -0.2) is 0 Å². The fourth-order valence-corrected chi connectivity index (χ4v) is 3.41. The Hall–Kier alpha value is -3.93. The van der Waals surface area contributed by atoms with E-state index in [4.69, 9.17) is 0 Å². The van der Waals surface area contributed by atoms with Gasteiger partial charge in [-0.05, 0) is 50.2 Å². The van der Waals surface area contributed by atoms with E-state index in [0.717, 1.165) is 16.2 Å². The van der Waals surface area contributed by atoms with Crippen LogP contribution in [0.1, 0.15) is 33.2 Å². The summed E-state index contributed by atoms with van der Waals surface area (Å²) in [4.78, 5) is 39.2. The lowest BCUT2D eigenvalue weighted by Gasteiger charge is -2.22. The van der Waals surface area contributed by atoms with Crippen molar-refractivity contribution in [2.24, 2.45) is 0 Å². The van der Waals surface area contributed by atoms with Gasteiger partial charge in [-0.2, -0.15) is 0 Å². The molecule has 1 heterocycles. The molecule has 0 fully saturated rings. The highest BCUT2D eigenvalue weighted by Crippen LogP contribution is 2.28. The van der Waals surface area contributed by atoms with Crippen LogP contribution in [0.5, 0.6) is 0 Å². The third-order valence-corrected chi connectivity index (χ3v) is 5.11. The van der Waals surface area contributed by atoms with E-state index in [0.29, 0.717) is 22.5 Å². The van der Waals surface area contributed by atoms with E-state index in [9.17, 15) is 14.4 Å². The van der Waals surface area contributed by atoms with E-state index < -0.39 is 23.8 Å². The predicted octanol–water partition coefficient (Wildman–Crippen LogP) is 4.36. The van der Waals surface area contributed by atoms with Gasteiger partial charge in [0.25, 0.3) is 11.8 Å². The second-order valence-corrected chi connectivity index (χ2v) is 7.23. The van der Waals surface area contributed by atoms with Crippen LogP contribution in [0, 0.1) is 6.92 Å². The monoisotopic (exact) mass is 399 g/mol. The first-order valence-electron chi connectivity index (χ1n) is 9.66. The quantitative estimate of drug-likeness (QED) is 0.625. The van der Waals surface area contributed by atoms with Crippen LogP contribution in [0.4, 0.5) is 17.1 Å². The second kappa shape index (κ2) is 7.83. The molecule has 6 nitrogen and oxygen atoms in total. The van der Waals surface area contributed by atoms with Gasteiger partial charge in [0.1, 0.15) is 6.04 Å². The standard InChI is InChI=1S/C24H21N3O3/c1-15-11-13-17(14-12-15)25-20-9-5-6-10-21(20)26-22(28)16(2)27-23(29)18-7-3-4-8-19(18)24(27)30/h3-14,16,25H,1-2H3,(H,26,28). The molecule has 0 spiro atoms. The zero-order valence-electron chi connectivity index (χ0n) is 16.7. The van der Waals surface area contributed by atoms with Crippen molar-refractivity contribution in [3.05, 3.63) is 89.5 Å². The predicted molar refractivity (Wildman–Crippen MR) is 116 cm³/mol. The minimum atomic E-state index is -0.954. The summed E-state index contributed by atoms with van der Waals surface area (Å²) in [5.74, 6) is -1.35. The molecule has 3 aromatic carbocycles. The van der Waals surface area contributed by atoms with Crippen molar-refractivity contribution in [1.82, 2.24) is 4.90 Å². The lowest BCUT2D eigenvalue weighted by Crippen LogP contribution is -2.45. The van der Waals surface area contributed by atoms with Gasteiger partial charge in [-0.1, -0.05) is 42.0 Å². The van der Waals surface area contributed by atoms with E-state index in [1.165, 1.54) is 0 Å². The van der Waals surface area contributed by atoms with Gasteiger partial charge in [0.2, 0.25) is 5.91 Å². The number of anilines is 3. The van der Waals surface area contributed by atoms with E-state index >= 15 is 0 Å². The molecule has 0 radical (unpaired) electrons. The van der Waals surface area contributed by atoms with Gasteiger partial charge < -0.3 is 10.6 Å². The SMILES string of the molecule is Cc1ccc(Nc2ccccc2NC(=O)C(C)N2C(=O)c3ccccc3C2=O)cc1. The molecular weight excluding hydrogens is 378 g/mol. The van der Waals surface area contributed by atoms with Crippen molar-refractivity contribution in [1.29, 1.82) is 0 Å². The van der Waals surface area contributed by atoms with Crippen LogP contribution in [-0.2, 0) is 4.79 Å². The maximum atomic E-state index is 12.9. The fraction of sp³-hybridized carbons (Fsp3) is 0.125. The first-order chi connectivity index (χ1) is 14.5. The highest BCUT2D eigenvalue weighted by atomic mass is 16.2. The lowest BCUT2D eigenvalue weighted by atomic mass is 10.1. The molecule has 6 heteroatoms. The first kappa shape index (κ1) is 19.4. The van der Waals surface area contributed by atoms with Crippen LogP contribution >= 0.6 is 0 Å². The molecule has 1 atom stereocenters. The van der Waals surface area contributed by atoms with Crippen LogP contribution < -0.4 is 10.6 Å². The normalized spacial score (nSPS) is 13.7. The highest BCUT2D eigenvalue weighted by Gasteiger charge is 2.40. The summed E-state index contributed by atoms with van der Waals surface area (Å²) in [5.41, 5.74) is 3.95. The maximum absolute atomic E-state index is 12.9. The summed E-state index contributed by atoms with van der Waals surface area (Å²) in [5, 5.41) is 6.12. The minimum absolute atomic E-state index is 0.323. The number of hydrogen-bond donors (Lipinski definition) is 2. The first-order valence-corrected chi connectivity index (χ1v) is 9.66. The third kappa shape index (κ3) is 3.55. The van der Waals surface area contributed by atoms with Gasteiger partial charge in [-0.15, -0.1) is 0 Å². The Morgan fingerprint density at radius 2 is 1.33 bits per heavy atom. The average molecular weight is 399 g/mol. The number of para-hydroxylation sites is 2. The maximum Gasteiger partial charge on any atom is 0.262 e. The molecule has 0 saturated heterocycles. The summed E-state index contributed by atoms with van der Waals surface area (Å²) in [7, 11) is 0. The number of hydrogen-bond acceptors (Lipinski definition) is 4. The number of fused-ring (bicyclic) bond motifs is 1. The zero-order chi connectivity index (χ0) is 21.3.